The van der Waals surface area contributed by atoms with Crippen LogP contribution in [0.1, 0.15) is 33.8 Å². The molecule has 0 amide bonds. The van der Waals surface area contributed by atoms with Crippen LogP contribution in [0, 0.1) is 0 Å². The van der Waals surface area contributed by atoms with Crippen molar-refractivity contribution in [2.75, 3.05) is 0 Å². The zero-order valence-corrected chi connectivity index (χ0v) is 13.2. The van der Waals surface area contributed by atoms with Crippen LogP contribution < -0.4 is 0 Å². The first-order valence-electron chi connectivity index (χ1n) is 8.35. The number of hydrogen-bond donors (Lipinski definition) is 0. The van der Waals surface area contributed by atoms with Crippen molar-refractivity contribution in [3.63, 3.8) is 0 Å². The largest absolute Gasteiger partial charge is 0.294 e. The molecule has 0 N–H and O–H groups in total. The van der Waals surface area contributed by atoms with E-state index in [1.54, 1.807) is 0 Å². The maximum absolute atomic E-state index is 12.6. The van der Waals surface area contributed by atoms with Crippen LogP contribution in [0.15, 0.2) is 78.9 Å². The Morgan fingerprint density at radius 2 is 1.33 bits per heavy atom. The summed E-state index contributed by atoms with van der Waals surface area (Å²) in [5.41, 5.74) is 3.36. The van der Waals surface area contributed by atoms with Crippen molar-refractivity contribution in [1.82, 2.24) is 0 Å². The molecule has 1 heteroatoms. The van der Waals surface area contributed by atoms with Crippen molar-refractivity contribution in [2.45, 2.75) is 12.3 Å². The first-order chi connectivity index (χ1) is 11.8. The Hall–Kier alpha value is -2.93. The lowest BCUT2D eigenvalue weighted by molar-refractivity contribution is 0.0991. The number of carbonyl (C=O) groups excluding carboxylic acids is 1. The molecule has 0 heterocycles. The van der Waals surface area contributed by atoms with Crippen LogP contribution in [-0.2, 0) is 0 Å². The fraction of sp³-hybridized carbons (Fsp3) is 0.0870. The monoisotopic (exact) mass is 308 g/mol. The Kier molecular flexibility index (Phi) is 2.83. The Bertz CT molecular complexity index is 1100. The van der Waals surface area contributed by atoms with Gasteiger partial charge in [0.2, 0.25) is 0 Å². The van der Waals surface area contributed by atoms with E-state index in [0.717, 1.165) is 5.56 Å². The highest BCUT2D eigenvalue weighted by molar-refractivity contribution is 6.08. The van der Waals surface area contributed by atoms with Gasteiger partial charge in [-0.3, -0.25) is 4.79 Å². The predicted molar refractivity (Wildman–Crippen MR) is 98.7 cm³/mol. The molecule has 0 spiro atoms. The molecule has 0 radical (unpaired) electrons. The van der Waals surface area contributed by atoms with Gasteiger partial charge in [-0.2, -0.15) is 0 Å². The van der Waals surface area contributed by atoms with Gasteiger partial charge in [-0.1, -0.05) is 78.9 Å². The number of ketones is 1. The summed E-state index contributed by atoms with van der Waals surface area (Å²) < 4.78 is 0. The van der Waals surface area contributed by atoms with Gasteiger partial charge in [-0.15, -0.1) is 0 Å². The number of hydrogen-bond acceptors (Lipinski definition) is 1. The molecule has 4 aromatic carbocycles. The van der Waals surface area contributed by atoms with Crippen LogP contribution in [-0.4, -0.2) is 5.78 Å². The van der Waals surface area contributed by atoms with Gasteiger partial charge in [0, 0.05) is 17.9 Å². The van der Waals surface area contributed by atoms with E-state index in [-0.39, 0.29) is 11.7 Å². The van der Waals surface area contributed by atoms with Gasteiger partial charge >= 0.3 is 0 Å². The van der Waals surface area contributed by atoms with Gasteiger partial charge < -0.3 is 0 Å². The lowest BCUT2D eigenvalue weighted by Gasteiger charge is -2.16. The molecule has 0 aromatic heterocycles. The lowest BCUT2D eigenvalue weighted by Crippen LogP contribution is -1.99. The molecule has 0 fully saturated rings. The van der Waals surface area contributed by atoms with Crippen molar-refractivity contribution < 1.29 is 4.79 Å². The second kappa shape index (κ2) is 5.04. The average Bonchev–Trinajstić information content (AvgIpc) is 2.98. The molecule has 114 valence electrons. The molecule has 1 aliphatic rings. The number of rotatable bonds is 1. The van der Waals surface area contributed by atoms with Crippen molar-refractivity contribution in [2.24, 2.45) is 0 Å². The molecule has 5 rings (SSSR count). The quantitative estimate of drug-likeness (QED) is 0.440. The maximum Gasteiger partial charge on any atom is 0.164 e. The van der Waals surface area contributed by atoms with E-state index in [9.17, 15) is 4.79 Å². The molecule has 1 unspecified atom stereocenters. The van der Waals surface area contributed by atoms with Crippen LogP contribution in [0.5, 0.6) is 0 Å². The number of fused-ring (bicyclic) bond motifs is 4. The van der Waals surface area contributed by atoms with E-state index >= 15 is 0 Å². The first-order valence-corrected chi connectivity index (χ1v) is 8.35. The van der Waals surface area contributed by atoms with E-state index < -0.39 is 0 Å². The van der Waals surface area contributed by atoms with Crippen molar-refractivity contribution in [3.8, 4) is 0 Å². The van der Waals surface area contributed by atoms with Crippen LogP contribution >= 0.6 is 0 Å². The van der Waals surface area contributed by atoms with Crippen molar-refractivity contribution in [1.29, 1.82) is 0 Å². The summed E-state index contributed by atoms with van der Waals surface area (Å²) in [6.07, 6.45) is 0.567. The van der Waals surface area contributed by atoms with E-state index in [1.807, 2.05) is 6.07 Å². The minimum absolute atomic E-state index is 0.143. The average molecular weight is 308 g/mol. The van der Waals surface area contributed by atoms with Gasteiger partial charge in [0.05, 0.1) is 0 Å². The molecular formula is C23H16O. The van der Waals surface area contributed by atoms with Crippen molar-refractivity contribution >= 4 is 27.3 Å². The normalized spacial score (nSPS) is 16.7. The second-order valence-corrected chi connectivity index (χ2v) is 6.50. The Morgan fingerprint density at radius 3 is 2.17 bits per heavy atom. The summed E-state index contributed by atoms with van der Waals surface area (Å²) in [5, 5.41) is 4.89. The summed E-state index contributed by atoms with van der Waals surface area (Å²) >= 11 is 0. The Labute approximate surface area is 140 Å². The minimum Gasteiger partial charge on any atom is -0.294 e. The third kappa shape index (κ3) is 1.85. The molecular weight excluding hydrogens is 292 g/mol. The molecule has 0 aliphatic heterocycles. The third-order valence-electron chi connectivity index (χ3n) is 5.21. The highest BCUT2D eigenvalue weighted by Crippen LogP contribution is 2.43. The summed E-state index contributed by atoms with van der Waals surface area (Å²) in [5.74, 6) is 0.401. The topological polar surface area (TPSA) is 17.1 Å². The number of benzene rings is 4. The van der Waals surface area contributed by atoms with Crippen LogP contribution in [0.25, 0.3) is 21.5 Å². The van der Waals surface area contributed by atoms with E-state index in [2.05, 4.69) is 72.8 Å². The summed E-state index contributed by atoms with van der Waals surface area (Å²) in [6, 6.07) is 27.3. The molecule has 24 heavy (non-hydrogen) atoms. The molecule has 1 aliphatic carbocycles. The third-order valence-corrected chi connectivity index (χ3v) is 5.21. The van der Waals surface area contributed by atoms with Crippen LogP contribution in [0.3, 0.4) is 0 Å². The molecule has 0 saturated carbocycles. The van der Waals surface area contributed by atoms with Crippen molar-refractivity contribution in [3.05, 3.63) is 95.6 Å². The highest BCUT2D eigenvalue weighted by atomic mass is 16.1. The number of Topliss-reactive ketones (excluding diaryl/α,β-unsaturated/α-hetero) is 1. The van der Waals surface area contributed by atoms with Gasteiger partial charge in [0.15, 0.2) is 5.78 Å². The van der Waals surface area contributed by atoms with Gasteiger partial charge in [-0.05, 0) is 32.7 Å². The van der Waals surface area contributed by atoms with E-state index in [1.165, 1.54) is 32.7 Å². The van der Waals surface area contributed by atoms with Crippen LogP contribution in [0.4, 0.5) is 0 Å². The maximum atomic E-state index is 12.6. The van der Waals surface area contributed by atoms with E-state index in [4.69, 9.17) is 0 Å². The fourth-order valence-corrected chi connectivity index (χ4v) is 4.13. The summed E-state index contributed by atoms with van der Waals surface area (Å²) in [7, 11) is 0. The standard InChI is InChI=1S/C23H16O/c24-22-14-21(19-11-5-8-15-6-1-3-9-17(15)19)23-18-10-4-2-7-16(18)12-13-20(22)23/h1-13,21H,14H2. The fourth-order valence-electron chi connectivity index (χ4n) is 4.13. The van der Waals surface area contributed by atoms with E-state index in [0.29, 0.717) is 6.42 Å². The Morgan fingerprint density at radius 1 is 0.667 bits per heavy atom. The summed E-state index contributed by atoms with van der Waals surface area (Å²) in [4.78, 5) is 12.6. The zero-order chi connectivity index (χ0) is 16.1. The predicted octanol–water partition coefficient (Wildman–Crippen LogP) is 5.71. The second-order valence-electron chi connectivity index (χ2n) is 6.50. The summed E-state index contributed by atoms with van der Waals surface area (Å²) in [6.45, 7) is 0. The van der Waals surface area contributed by atoms with Gasteiger partial charge in [0.25, 0.3) is 0 Å². The molecule has 1 atom stereocenters. The Balaban J connectivity index is 1.84. The van der Waals surface area contributed by atoms with Crippen LogP contribution in [0.2, 0.25) is 0 Å². The van der Waals surface area contributed by atoms with Gasteiger partial charge in [-0.25, -0.2) is 0 Å². The molecule has 4 aromatic rings. The molecule has 1 nitrogen and oxygen atoms in total. The molecule has 0 saturated heterocycles. The van der Waals surface area contributed by atoms with Gasteiger partial charge in [0.1, 0.15) is 0 Å². The lowest BCUT2D eigenvalue weighted by atomic mass is 9.86. The number of carbonyl (C=O) groups is 1. The first kappa shape index (κ1) is 13.5. The SMILES string of the molecule is O=C1CC(c2cccc3ccccc23)c2c1ccc1ccccc21. The minimum atomic E-state index is 0.143. The zero-order valence-electron chi connectivity index (χ0n) is 13.2. The highest BCUT2D eigenvalue weighted by Gasteiger charge is 2.32. The molecule has 0 bridgehead atoms. The smallest absolute Gasteiger partial charge is 0.164 e.